The van der Waals surface area contributed by atoms with Crippen LogP contribution in [-0.4, -0.2) is 5.97 Å². The maximum absolute atomic E-state index is 15.2. The molecule has 0 atom stereocenters. The molecule has 1 fully saturated rings. The number of rotatable bonds is 7. The third-order valence-electron chi connectivity index (χ3n) is 6.54. The molecule has 0 aromatic heterocycles. The van der Waals surface area contributed by atoms with Gasteiger partial charge in [0, 0.05) is 16.8 Å². The van der Waals surface area contributed by atoms with Crippen molar-refractivity contribution in [2.45, 2.75) is 26.2 Å². The van der Waals surface area contributed by atoms with Crippen molar-refractivity contribution >= 4 is 28.9 Å². The Kier molecular flexibility index (Phi) is 7.26. The summed E-state index contributed by atoms with van der Waals surface area (Å²) in [5.74, 6) is -1.55. The lowest BCUT2D eigenvalue weighted by Gasteiger charge is -2.32. The van der Waals surface area contributed by atoms with E-state index in [-0.39, 0.29) is 28.5 Å². The normalized spacial score (nSPS) is 14.2. The molecule has 3 aromatic carbocycles. The van der Waals surface area contributed by atoms with Crippen LogP contribution in [0.25, 0.3) is 17.2 Å². The zero-order valence-corrected chi connectivity index (χ0v) is 20.1. The van der Waals surface area contributed by atoms with E-state index >= 15 is 4.39 Å². The number of halogens is 2. The molecule has 5 heteroatoms. The lowest BCUT2D eigenvalue weighted by molar-refractivity contribution is 0.400. The summed E-state index contributed by atoms with van der Waals surface area (Å²) in [5, 5.41) is 17.7. The first kappa shape index (κ1) is 24.8. The molecule has 0 saturated heterocycles. The van der Waals surface area contributed by atoms with Gasteiger partial charge in [-0.05, 0) is 60.1 Å². The van der Waals surface area contributed by atoms with Crippen molar-refractivity contribution in [1.82, 2.24) is 0 Å². The van der Waals surface area contributed by atoms with Crippen LogP contribution in [0, 0.1) is 28.5 Å². The highest BCUT2D eigenvalue weighted by Crippen LogP contribution is 2.46. The maximum Gasteiger partial charge on any atom is 0.216 e. The topological polar surface area (TPSA) is 73.7 Å². The summed E-state index contributed by atoms with van der Waals surface area (Å²) >= 11 is 0. The fraction of sp³-hybridized carbons (Fsp3) is 0.161. The first-order valence-corrected chi connectivity index (χ1v) is 11.8. The number of nitrogen functional groups attached to an aromatic ring is 1. The van der Waals surface area contributed by atoms with Crippen LogP contribution in [0.4, 0.5) is 14.5 Å². The molecule has 3 nitrogen and oxygen atoms in total. The van der Waals surface area contributed by atoms with Crippen molar-refractivity contribution in [3.8, 4) is 6.07 Å². The van der Waals surface area contributed by atoms with Gasteiger partial charge in [0.2, 0.25) is 5.97 Å². The van der Waals surface area contributed by atoms with Gasteiger partial charge in [-0.25, -0.2) is 4.39 Å². The molecular weight excluding hydrogens is 452 g/mol. The quantitative estimate of drug-likeness (QED) is 0.156. The predicted octanol–water partition coefficient (Wildman–Crippen LogP) is 7.92. The Morgan fingerprint density at radius 2 is 1.78 bits per heavy atom. The number of nitrogens with one attached hydrogen (secondary N) is 1. The lowest BCUT2D eigenvalue weighted by atomic mass is 9.72. The molecule has 36 heavy (non-hydrogen) atoms. The molecule has 3 aromatic rings. The molecule has 3 N–H and O–H groups in total. The minimum absolute atomic E-state index is 0.0125. The van der Waals surface area contributed by atoms with Gasteiger partial charge in [0.25, 0.3) is 0 Å². The molecule has 0 spiro atoms. The number of hydrogen-bond donors (Lipinski definition) is 2. The molecule has 1 saturated carbocycles. The highest BCUT2D eigenvalue weighted by molar-refractivity contribution is 6.05. The molecule has 0 heterocycles. The Hall–Kier alpha value is -4.30. The van der Waals surface area contributed by atoms with E-state index in [0.717, 1.165) is 41.5 Å². The van der Waals surface area contributed by atoms with Gasteiger partial charge < -0.3 is 5.73 Å². The van der Waals surface area contributed by atoms with Crippen LogP contribution in [0.5, 0.6) is 0 Å². The SMILES string of the molecule is C=C(C)/C=C/c1ccc(/C(=C(\c2ccccc2F)C2CCC2)c2ccc(N)c(C(=N)F)c2C#N)cc1. The van der Waals surface area contributed by atoms with E-state index in [1.807, 2.05) is 43.3 Å². The van der Waals surface area contributed by atoms with E-state index in [0.29, 0.717) is 16.7 Å². The molecule has 1 aliphatic rings. The van der Waals surface area contributed by atoms with Gasteiger partial charge in [-0.15, -0.1) is 0 Å². The van der Waals surface area contributed by atoms with Crippen LogP contribution in [0.15, 0.2) is 78.9 Å². The Balaban J connectivity index is 2.07. The summed E-state index contributed by atoms with van der Waals surface area (Å²) in [5.41, 5.74) is 10.7. The summed E-state index contributed by atoms with van der Waals surface area (Å²) in [6.45, 7) is 5.80. The van der Waals surface area contributed by atoms with E-state index in [4.69, 9.17) is 11.1 Å². The van der Waals surface area contributed by atoms with E-state index in [9.17, 15) is 9.65 Å². The average molecular weight is 480 g/mol. The minimum atomic E-state index is -1.28. The van der Waals surface area contributed by atoms with E-state index in [2.05, 4.69) is 12.6 Å². The van der Waals surface area contributed by atoms with E-state index < -0.39 is 5.97 Å². The summed E-state index contributed by atoms with van der Waals surface area (Å²) in [4.78, 5) is 0. The maximum atomic E-state index is 15.2. The summed E-state index contributed by atoms with van der Waals surface area (Å²) in [7, 11) is 0. The molecule has 0 radical (unpaired) electrons. The molecule has 1 aliphatic carbocycles. The van der Waals surface area contributed by atoms with Gasteiger partial charge in [0.15, 0.2) is 0 Å². The number of nitrogens with zero attached hydrogens (tertiary/aromatic N) is 1. The van der Waals surface area contributed by atoms with Gasteiger partial charge in [-0.2, -0.15) is 9.65 Å². The second kappa shape index (κ2) is 10.5. The third-order valence-corrected chi connectivity index (χ3v) is 6.54. The first-order chi connectivity index (χ1) is 17.3. The molecule has 180 valence electrons. The second-order valence-electron chi connectivity index (χ2n) is 9.08. The van der Waals surface area contributed by atoms with Gasteiger partial charge >= 0.3 is 0 Å². The number of nitriles is 1. The lowest BCUT2D eigenvalue weighted by Crippen LogP contribution is -2.16. The van der Waals surface area contributed by atoms with Crippen LogP contribution in [-0.2, 0) is 0 Å². The van der Waals surface area contributed by atoms with E-state index in [1.54, 1.807) is 24.3 Å². The average Bonchev–Trinajstić information content (AvgIpc) is 2.82. The predicted molar refractivity (Wildman–Crippen MR) is 143 cm³/mol. The smallest absolute Gasteiger partial charge is 0.216 e. The van der Waals surface area contributed by atoms with Gasteiger partial charge in [-0.3, -0.25) is 5.41 Å². The molecular formula is C31H27F2N3. The summed E-state index contributed by atoms with van der Waals surface area (Å²) < 4.78 is 29.5. The van der Waals surface area contributed by atoms with Crippen molar-refractivity contribution in [1.29, 1.82) is 10.7 Å². The van der Waals surface area contributed by atoms with Crippen LogP contribution in [0.1, 0.15) is 59.6 Å². The third kappa shape index (κ3) is 4.89. The molecule has 4 rings (SSSR count). The first-order valence-electron chi connectivity index (χ1n) is 11.8. The largest absolute Gasteiger partial charge is 0.398 e. The van der Waals surface area contributed by atoms with Gasteiger partial charge in [0.1, 0.15) is 11.9 Å². The van der Waals surface area contributed by atoms with Gasteiger partial charge in [-0.1, -0.05) is 79.3 Å². The van der Waals surface area contributed by atoms with E-state index in [1.165, 1.54) is 12.1 Å². The molecule has 0 unspecified atom stereocenters. The Morgan fingerprint density at radius 1 is 1.08 bits per heavy atom. The zero-order chi connectivity index (χ0) is 25.8. The van der Waals surface area contributed by atoms with Crippen molar-refractivity contribution in [3.05, 3.63) is 118 Å². The number of anilines is 1. The Morgan fingerprint density at radius 3 is 2.33 bits per heavy atom. The zero-order valence-electron chi connectivity index (χ0n) is 20.1. The summed E-state index contributed by atoms with van der Waals surface area (Å²) in [6.07, 6.45) is 6.65. The Labute approximate surface area is 210 Å². The molecule has 0 bridgehead atoms. The highest BCUT2D eigenvalue weighted by atomic mass is 19.1. The van der Waals surface area contributed by atoms with Gasteiger partial charge in [0.05, 0.1) is 11.1 Å². The monoisotopic (exact) mass is 479 g/mol. The van der Waals surface area contributed by atoms with Crippen molar-refractivity contribution < 1.29 is 8.78 Å². The van der Waals surface area contributed by atoms with Crippen molar-refractivity contribution in [2.75, 3.05) is 5.73 Å². The van der Waals surface area contributed by atoms with Crippen molar-refractivity contribution in [3.63, 3.8) is 0 Å². The fourth-order valence-electron chi connectivity index (χ4n) is 4.57. The fourth-order valence-corrected chi connectivity index (χ4v) is 4.57. The summed E-state index contributed by atoms with van der Waals surface area (Å²) in [6, 6.07) is 19.6. The Bertz CT molecular complexity index is 1440. The number of nitrogens with two attached hydrogens (primary N) is 1. The minimum Gasteiger partial charge on any atom is -0.398 e. The van der Waals surface area contributed by atoms with Crippen molar-refractivity contribution in [2.24, 2.45) is 5.92 Å². The van der Waals surface area contributed by atoms with Crippen LogP contribution in [0.2, 0.25) is 0 Å². The number of benzene rings is 3. The second-order valence-corrected chi connectivity index (χ2v) is 9.08. The number of allylic oxidation sites excluding steroid dienone is 3. The van der Waals surface area contributed by atoms with Crippen LogP contribution >= 0.6 is 0 Å². The highest BCUT2D eigenvalue weighted by Gasteiger charge is 2.30. The standard InChI is InChI=1S/C31H27F2N3/c1-19(2)10-11-20-12-14-22(15-13-20)28(23-16-17-27(35)30(31(33)36)25(23)18-34)29(21-6-5-7-21)24-8-3-4-9-26(24)32/h3-4,8-17,21,36H,1,5-7,35H2,2H3/b11-10+,29-28+,36-31?. The van der Waals surface area contributed by atoms with Crippen LogP contribution < -0.4 is 5.73 Å². The molecule has 0 amide bonds. The van der Waals surface area contributed by atoms with Crippen LogP contribution in [0.3, 0.4) is 0 Å². The molecule has 0 aliphatic heterocycles. The number of hydrogen-bond acceptors (Lipinski definition) is 3.